The number of alkyl halides is 3. The molecule has 1 amide bonds. The lowest BCUT2D eigenvalue weighted by molar-refractivity contribution is -0.140. The number of nitrogens with zero attached hydrogens (tertiary/aromatic N) is 1. The Kier molecular flexibility index (Phi) is 6.37. The minimum atomic E-state index is -4.82. The van der Waals surface area contributed by atoms with Crippen molar-refractivity contribution < 1.29 is 32.6 Å². The highest BCUT2D eigenvalue weighted by atomic mass is 19.4. The average Bonchev–Trinajstić information content (AvgIpc) is 3.14. The van der Waals surface area contributed by atoms with Crippen LogP contribution in [-0.2, 0) is 11.0 Å². The van der Waals surface area contributed by atoms with Crippen molar-refractivity contribution in [1.82, 2.24) is 15.1 Å². The molecular weight excluding hydrogens is 431 g/mol. The van der Waals surface area contributed by atoms with Crippen LogP contribution in [0.4, 0.5) is 13.2 Å². The number of hydrogen-bond acceptors (Lipinski definition) is 4. The Hall–Kier alpha value is -4.02. The molecule has 0 aliphatic heterocycles. The molecule has 32 heavy (non-hydrogen) atoms. The molecule has 3 rings (SSSR count). The van der Waals surface area contributed by atoms with Crippen molar-refractivity contribution in [2.75, 3.05) is 7.11 Å². The SMILES string of the molecule is COc1ccc(C(CC(=O)O)NC(=O)c2cc(=O)n(-c3ccccc3)[nH]2)c(C(F)(F)F)c1. The lowest BCUT2D eigenvalue weighted by Crippen LogP contribution is -2.32. The summed E-state index contributed by atoms with van der Waals surface area (Å²) in [6, 6.07) is 10.8. The molecule has 0 spiro atoms. The Balaban J connectivity index is 1.97. The summed E-state index contributed by atoms with van der Waals surface area (Å²) in [4.78, 5) is 36.2. The predicted octanol–water partition coefficient (Wildman–Crippen LogP) is 3.14. The summed E-state index contributed by atoms with van der Waals surface area (Å²) in [5.41, 5.74) is -1.96. The van der Waals surface area contributed by atoms with Gasteiger partial charge in [-0.05, 0) is 29.8 Å². The maximum Gasteiger partial charge on any atom is 0.416 e. The summed E-state index contributed by atoms with van der Waals surface area (Å²) in [7, 11) is 1.19. The maximum absolute atomic E-state index is 13.6. The first-order valence-electron chi connectivity index (χ1n) is 9.25. The first-order chi connectivity index (χ1) is 15.1. The molecule has 0 radical (unpaired) electrons. The number of rotatable bonds is 7. The summed E-state index contributed by atoms with van der Waals surface area (Å²) in [5, 5.41) is 14.1. The molecule has 1 atom stereocenters. The van der Waals surface area contributed by atoms with Gasteiger partial charge in [-0.2, -0.15) is 13.2 Å². The smallest absolute Gasteiger partial charge is 0.416 e. The third kappa shape index (κ3) is 4.99. The number of carbonyl (C=O) groups excluding carboxylic acids is 1. The van der Waals surface area contributed by atoms with E-state index in [1.807, 2.05) is 0 Å². The van der Waals surface area contributed by atoms with Crippen molar-refractivity contribution in [3.8, 4) is 11.4 Å². The molecule has 3 aromatic rings. The molecule has 2 aromatic carbocycles. The second kappa shape index (κ2) is 9.00. The lowest BCUT2D eigenvalue weighted by Gasteiger charge is -2.22. The average molecular weight is 449 g/mol. The third-order valence-corrected chi connectivity index (χ3v) is 4.60. The van der Waals surface area contributed by atoms with E-state index in [2.05, 4.69) is 10.4 Å². The normalized spacial score (nSPS) is 12.2. The summed E-state index contributed by atoms with van der Waals surface area (Å²) >= 11 is 0. The number of ether oxygens (including phenoxy) is 1. The van der Waals surface area contributed by atoms with Crippen molar-refractivity contribution >= 4 is 11.9 Å². The molecule has 8 nitrogen and oxygen atoms in total. The van der Waals surface area contributed by atoms with Crippen LogP contribution in [0.2, 0.25) is 0 Å². The van der Waals surface area contributed by atoms with Gasteiger partial charge in [0.15, 0.2) is 0 Å². The molecule has 1 aromatic heterocycles. The zero-order chi connectivity index (χ0) is 23.5. The van der Waals surface area contributed by atoms with Gasteiger partial charge in [-0.1, -0.05) is 24.3 Å². The predicted molar refractivity (Wildman–Crippen MR) is 107 cm³/mol. The molecule has 11 heteroatoms. The number of H-pyrrole nitrogens is 1. The van der Waals surface area contributed by atoms with E-state index in [0.29, 0.717) is 5.69 Å². The second-order valence-electron chi connectivity index (χ2n) is 6.75. The first-order valence-corrected chi connectivity index (χ1v) is 9.25. The number of aromatic nitrogens is 2. The topological polar surface area (TPSA) is 113 Å². The maximum atomic E-state index is 13.6. The largest absolute Gasteiger partial charge is 0.497 e. The van der Waals surface area contributed by atoms with Gasteiger partial charge in [0.25, 0.3) is 11.5 Å². The van der Waals surface area contributed by atoms with E-state index < -0.39 is 47.2 Å². The number of methoxy groups -OCH3 is 1. The number of aliphatic carboxylic acids is 1. The number of amides is 1. The van der Waals surface area contributed by atoms with Crippen LogP contribution in [0.5, 0.6) is 5.75 Å². The van der Waals surface area contributed by atoms with Crippen molar-refractivity contribution in [3.05, 3.63) is 81.8 Å². The summed E-state index contributed by atoms with van der Waals surface area (Å²) in [6.07, 6.45) is -5.64. The van der Waals surface area contributed by atoms with Crippen molar-refractivity contribution in [3.63, 3.8) is 0 Å². The van der Waals surface area contributed by atoms with Crippen LogP contribution in [0.15, 0.2) is 59.4 Å². The van der Waals surface area contributed by atoms with Crippen molar-refractivity contribution in [2.45, 2.75) is 18.6 Å². The van der Waals surface area contributed by atoms with Gasteiger partial charge < -0.3 is 15.2 Å². The van der Waals surface area contributed by atoms with E-state index >= 15 is 0 Å². The highest BCUT2D eigenvalue weighted by Crippen LogP contribution is 2.37. The first kappa shape index (κ1) is 22.7. The molecular formula is C21H18F3N3O5. The number of carboxylic acids is 1. The highest BCUT2D eigenvalue weighted by Gasteiger charge is 2.37. The van der Waals surface area contributed by atoms with Gasteiger partial charge in [0, 0.05) is 6.07 Å². The lowest BCUT2D eigenvalue weighted by atomic mass is 9.96. The van der Waals surface area contributed by atoms with Gasteiger partial charge in [0.1, 0.15) is 11.4 Å². The van der Waals surface area contributed by atoms with Crippen LogP contribution >= 0.6 is 0 Å². The van der Waals surface area contributed by atoms with Gasteiger partial charge in [-0.3, -0.25) is 19.5 Å². The van der Waals surface area contributed by atoms with E-state index in [0.717, 1.165) is 22.9 Å². The standard InChI is InChI=1S/C21H18F3N3O5/c1-32-13-7-8-14(15(9-13)21(22,23)24)16(11-19(29)30)25-20(31)17-10-18(28)27(26-17)12-5-3-2-4-6-12/h2-10,16,26H,11H2,1H3,(H,25,31)(H,29,30). The van der Waals surface area contributed by atoms with Crippen LogP contribution in [0, 0.1) is 0 Å². The number of benzene rings is 2. The van der Waals surface area contributed by atoms with Crippen LogP contribution in [0.1, 0.15) is 34.1 Å². The fourth-order valence-electron chi connectivity index (χ4n) is 3.14. The van der Waals surface area contributed by atoms with Crippen LogP contribution < -0.4 is 15.6 Å². The zero-order valence-electron chi connectivity index (χ0n) is 16.6. The highest BCUT2D eigenvalue weighted by molar-refractivity contribution is 5.92. The van der Waals surface area contributed by atoms with E-state index in [1.54, 1.807) is 30.3 Å². The summed E-state index contributed by atoms with van der Waals surface area (Å²) in [6.45, 7) is 0. The van der Waals surface area contributed by atoms with Crippen LogP contribution in [0.25, 0.3) is 5.69 Å². The Morgan fingerprint density at radius 1 is 1.16 bits per heavy atom. The minimum absolute atomic E-state index is 0.0780. The van der Waals surface area contributed by atoms with E-state index in [4.69, 9.17) is 4.74 Å². The number of carbonyl (C=O) groups is 2. The van der Waals surface area contributed by atoms with Gasteiger partial charge in [-0.25, -0.2) is 4.68 Å². The Bertz CT molecular complexity index is 1190. The Morgan fingerprint density at radius 2 is 1.84 bits per heavy atom. The Morgan fingerprint density at radius 3 is 2.44 bits per heavy atom. The second-order valence-corrected chi connectivity index (χ2v) is 6.75. The molecule has 0 aliphatic carbocycles. The summed E-state index contributed by atoms with van der Waals surface area (Å²) < 4.78 is 46.7. The molecule has 0 bridgehead atoms. The molecule has 1 unspecified atom stereocenters. The zero-order valence-corrected chi connectivity index (χ0v) is 16.6. The number of hydrogen-bond donors (Lipinski definition) is 3. The summed E-state index contributed by atoms with van der Waals surface area (Å²) in [5.74, 6) is -2.44. The van der Waals surface area contributed by atoms with E-state index in [-0.39, 0.29) is 11.4 Å². The van der Waals surface area contributed by atoms with E-state index in [9.17, 15) is 32.7 Å². The fourth-order valence-corrected chi connectivity index (χ4v) is 3.14. The van der Waals surface area contributed by atoms with Crippen molar-refractivity contribution in [1.29, 1.82) is 0 Å². The van der Waals surface area contributed by atoms with Gasteiger partial charge >= 0.3 is 12.1 Å². The van der Waals surface area contributed by atoms with Crippen molar-refractivity contribution in [2.24, 2.45) is 0 Å². The van der Waals surface area contributed by atoms with Crippen LogP contribution in [0.3, 0.4) is 0 Å². The molecule has 1 heterocycles. The van der Waals surface area contributed by atoms with Gasteiger partial charge in [0.2, 0.25) is 0 Å². The number of nitrogens with one attached hydrogen (secondary N) is 2. The molecule has 0 saturated carbocycles. The number of halogens is 3. The Labute approximate surface area is 179 Å². The monoisotopic (exact) mass is 449 g/mol. The van der Waals surface area contributed by atoms with Crippen LogP contribution in [-0.4, -0.2) is 33.9 Å². The number of para-hydroxylation sites is 1. The van der Waals surface area contributed by atoms with E-state index in [1.165, 1.54) is 13.2 Å². The van der Waals surface area contributed by atoms with Gasteiger partial charge in [0.05, 0.1) is 30.8 Å². The van der Waals surface area contributed by atoms with Gasteiger partial charge in [-0.15, -0.1) is 0 Å². The quantitative estimate of drug-likeness (QED) is 0.513. The molecule has 0 fully saturated rings. The molecule has 0 aliphatic rings. The fraction of sp³-hybridized carbons (Fsp3) is 0.190. The molecule has 3 N–H and O–H groups in total. The minimum Gasteiger partial charge on any atom is -0.497 e. The third-order valence-electron chi connectivity index (χ3n) is 4.60. The molecule has 0 saturated heterocycles. The number of carboxylic acid groups (broad SMARTS) is 1. The number of aromatic amines is 1. The molecule has 168 valence electrons.